The van der Waals surface area contributed by atoms with Gasteiger partial charge in [-0.3, -0.25) is 0 Å². The van der Waals surface area contributed by atoms with Crippen LogP contribution in [0.1, 0.15) is 43.7 Å². The summed E-state index contributed by atoms with van der Waals surface area (Å²) in [7, 11) is 0. The largest absolute Gasteiger partial charge is 0.493 e. The second kappa shape index (κ2) is 8.98. The SMILES string of the molecule is CCNCCCCCCOc1cccc(C)c1C. The fourth-order valence-electron chi connectivity index (χ4n) is 1.95. The monoisotopic (exact) mass is 249 g/mol. The van der Waals surface area contributed by atoms with Gasteiger partial charge < -0.3 is 10.1 Å². The Balaban J connectivity index is 2.09. The zero-order chi connectivity index (χ0) is 13.2. The molecule has 1 N–H and O–H groups in total. The second-order valence-electron chi connectivity index (χ2n) is 4.81. The maximum absolute atomic E-state index is 5.83. The van der Waals surface area contributed by atoms with E-state index >= 15 is 0 Å². The maximum atomic E-state index is 5.83. The van der Waals surface area contributed by atoms with Crippen LogP contribution < -0.4 is 10.1 Å². The molecule has 0 aromatic heterocycles. The molecule has 0 radical (unpaired) electrons. The highest BCUT2D eigenvalue weighted by atomic mass is 16.5. The lowest BCUT2D eigenvalue weighted by Gasteiger charge is -2.10. The Bertz CT molecular complexity index is 336. The smallest absolute Gasteiger partial charge is 0.122 e. The van der Waals surface area contributed by atoms with Crippen molar-refractivity contribution in [3.05, 3.63) is 29.3 Å². The number of hydrogen-bond donors (Lipinski definition) is 1. The third-order valence-electron chi connectivity index (χ3n) is 3.31. The van der Waals surface area contributed by atoms with Gasteiger partial charge in [0.1, 0.15) is 5.75 Å². The van der Waals surface area contributed by atoms with Crippen LogP contribution in [-0.4, -0.2) is 19.7 Å². The lowest BCUT2D eigenvalue weighted by molar-refractivity contribution is 0.302. The van der Waals surface area contributed by atoms with E-state index in [2.05, 4.69) is 44.3 Å². The molecule has 102 valence electrons. The Morgan fingerprint density at radius 3 is 2.61 bits per heavy atom. The number of nitrogens with one attached hydrogen (secondary N) is 1. The average Bonchev–Trinajstić information content (AvgIpc) is 2.37. The molecule has 0 atom stereocenters. The van der Waals surface area contributed by atoms with E-state index < -0.39 is 0 Å². The van der Waals surface area contributed by atoms with Crippen LogP contribution in [-0.2, 0) is 0 Å². The zero-order valence-electron chi connectivity index (χ0n) is 12.1. The van der Waals surface area contributed by atoms with Gasteiger partial charge in [0.05, 0.1) is 6.61 Å². The average molecular weight is 249 g/mol. The summed E-state index contributed by atoms with van der Waals surface area (Å²) < 4.78 is 5.83. The number of benzene rings is 1. The zero-order valence-corrected chi connectivity index (χ0v) is 12.1. The third kappa shape index (κ3) is 5.54. The van der Waals surface area contributed by atoms with Gasteiger partial charge in [0.2, 0.25) is 0 Å². The highest BCUT2D eigenvalue weighted by molar-refractivity contribution is 5.38. The van der Waals surface area contributed by atoms with Gasteiger partial charge in [-0.1, -0.05) is 31.9 Å². The summed E-state index contributed by atoms with van der Waals surface area (Å²) in [4.78, 5) is 0. The van der Waals surface area contributed by atoms with Crippen molar-refractivity contribution in [1.29, 1.82) is 0 Å². The molecule has 0 aliphatic heterocycles. The highest BCUT2D eigenvalue weighted by Crippen LogP contribution is 2.20. The van der Waals surface area contributed by atoms with Gasteiger partial charge >= 0.3 is 0 Å². The minimum absolute atomic E-state index is 0.839. The first kappa shape index (κ1) is 15.0. The van der Waals surface area contributed by atoms with E-state index in [1.807, 2.05) is 0 Å². The molecule has 1 aromatic rings. The first-order chi connectivity index (χ1) is 8.75. The van der Waals surface area contributed by atoms with Crippen molar-refractivity contribution < 1.29 is 4.74 Å². The molecule has 18 heavy (non-hydrogen) atoms. The van der Waals surface area contributed by atoms with E-state index in [4.69, 9.17) is 4.74 Å². The molecule has 0 heterocycles. The Morgan fingerprint density at radius 1 is 1.06 bits per heavy atom. The first-order valence-electron chi connectivity index (χ1n) is 7.15. The molecule has 1 rings (SSSR count). The molecule has 0 aliphatic carbocycles. The van der Waals surface area contributed by atoms with E-state index in [-0.39, 0.29) is 0 Å². The van der Waals surface area contributed by atoms with Crippen LogP contribution in [0, 0.1) is 13.8 Å². The molecule has 0 saturated carbocycles. The van der Waals surface area contributed by atoms with Crippen LogP contribution in [0.3, 0.4) is 0 Å². The molecule has 1 aromatic carbocycles. The van der Waals surface area contributed by atoms with Crippen LogP contribution in [0.5, 0.6) is 5.75 Å². The highest BCUT2D eigenvalue weighted by Gasteiger charge is 2.00. The molecule has 2 heteroatoms. The normalized spacial score (nSPS) is 10.6. The molecule has 0 saturated heterocycles. The summed E-state index contributed by atoms with van der Waals surface area (Å²) in [6, 6.07) is 6.25. The van der Waals surface area contributed by atoms with Gasteiger partial charge in [0.25, 0.3) is 0 Å². The Kier molecular flexibility index (Phi) is 7.51. The van der Waals surface area contributed by atoms with Gasteiger partial charge in [-0.2, -0.15) is 0 Å². The van der Waals surface area contributed by atoms with Crippen molar-refractivity contribution in [3.8, 4) is 5.75 Å². The Hall–Kier alpha value is -1.02. The lowest BCUT2D eigenvalue weighted by Crippen LogP contribution is -2.13. The predicted octanol–water partition coefficient (Wildman–Crippen LogP) is 3.85. The van der Waals surface area contributed by atoms with Crippen molar-refractivity contribution in [2.45, 2.75) is 46.5 Å². The van der Waals surface area contributed by atoms with Gasteiger partial charge in [-0.25, -0.2) is 0 Å². The van der Waals surface area contributed by atoms with E-state index in [0.29, 0.717) is 0 Å². The summed E-state index contributed by atoms with van der Waals surface area (Å²) in [6.45, 7) is 9.47. The summed E-state index contributed by atoms with van der Waals surface area (Å²) in [5.74, 6) is 1.04. The molecule has 2 nitrogen and oxygen atoms in total. The minimum atomic E-state index is 0.839. The molecule has 0 unspecified atom stereocenters. The Morgan fingerprint density at radius 2 is 1.83 bits per heavy atom. The number of hydrogen-bond acceptors (Lipinski definition) is 2. The summed E-state index contributed by atoms with van der Waals surface area (Å²) >= 11 is 0. The third-order valence-corrected chi connectivity index (χ3v) is 3.31. The molecule has 0 amide bonds. The molecule has 0 fully saturated rings. The summed E-state index contributed by atoms with van der Waals surface area (Å²) in [5, 5.41) is 3.35. The molecule has 0 spiro atoms. The number of rotatable bonds is 9. The van der Waals surface area contributed by atoms with Crippen molar-refractivity contribution >= 4 is 0 Å². The van der Waals surface area contributed by atoms with E-state index in [9.17, 15) is 0 Å². The van der Waals surface area contributed by atoms with Crippen LogP contribution in [0.2, 0.25) is 0 Å². The maximum Gasteiger partial charge on any atom is 0.122 e. The van der Waals surface area contributed by atoms with Crippen molar-refractivity contribution in [2.75, 3.05) is 19.7 Å². The van der Waals surface area contributed by atoms with Crippen molar-refractivity contribution in [3.63, 3.8) is 0 Å². The predicted molar refractivity (Wildman–Crippen MR) is 78.4 cm³/mol. The van der Waals surface area contributed by atoms with Crippen LogP contribution >= 0.6 is 0 Å². The Labute approximate surface area is 112 Å². The van der Waals surface area contributed by atoms with Gasteiger partial charge in [0, 0.05) is 0 Å². The van der Waals surface area contributed by atoms with Crippen molar-refractivity contribution in [2.24, 2.45) is 0 Å². The topological polar surface area (TPSA) is 21.3 Å². The molecular weight excluding hydrogens is 222 g/mol. The van der Waals surface area contributed by atoms with Crippen molar-refractivity contribution in [1.82, 2.24) is 5.32 Å². The quantitative estimate of drug-likeness (QED) is 0.671. The number of ether oxygens (including phenoxy) is 1. The van der Waals surface area contributed by atoms with Gasteiger partial charge in [-0.15, -0.1) is 0 Å². The molecular formula is C16H27NO. The van der Waals surface area contributed by atoms with Crippen LogP contribution in [0.15, 0.2) is 18.2 Å². The number of aryl methyl sites for hydroxylation is 1. The van der Waals surface area contributed by atoms with Crippen LogP contribution in [0.25, 0.3) is 0 Å². The summed E-state index contributed by atoms with van der Waals surface area (Å²) in [6.07, 6.45) is 4.98. The van der Waals surface area contributed by atoms with E-state index in [0.717, 1.165) is 31.9 Å². The fraction of sp³-hybridized carbons (Fsp3) is 0.625. The number of unbranched alkanes of at least 4 members (excludes halogenated alkanes) is 3. The molecule has 0 bridgehead atoms. The second-order valence-corrected chi connectivity index (χ2v) is 4.81. The lowest BCUT2D eigenvalue weighted by atomic mass is 10.1. The van der Waals surface area contributed by atoms with E-state index in [1.165, 1.54) is 30.4 Å². The summed E-state index contributed by atoms with van der Waals surface area (Å²) in [5.41, 5.74) is 2.57. The minimum Gasteiger partial charge on any atom is -0.493 e. The van der Waals surface area contributed by atoms with Crippen LogP contribution in [0.4, 0.5) is 0 Å². The fourth-order valence-corrected chi connectivity index (χ4v) is 1.95. The van der Waals surface area contributed by atoms with Gasteiger partial charge in [0.15, 0.2) is 0 Å². The van der Waals surface area contributed by atoms with Gasteiger partial charge in [-0.05, 0) is 57.0 Å². The standard InChI is InChI=1S/C16H27NO/c1-4-17-12-7-5-6-8-13-18-16-11-9-10-14(2)15(16)3/h9-11,17H,4-8,12-13H2,1-3H3. The van der Waals surface area contributed by atoms with E-state index in [1.54, 1.807) is 0 Å². The first-order valence-corrected chi connectivity index (χ1v) is 7.15. The molecule has 0 aliphatic rings.